The molecule has 0 spiro atoms. The van der Waals surface area contributed by atoms with Gasteiger partial charge in [-0.25, -0.2) is 9.59 Å². The number of carboxylic acid groups (broad SMARTS) is 1. The first-order chi connectivity index (χ1) is 19.3. The van der Waals surface area contributed by atoms with Crippen molar-refractivity contribution in [2.45, 2.75) is 0 Å². The molecular weight excluding hydrogens is 508 g/mol. The van der Waals surface area contributed by atoms with E-state index in [1.807, 2.05) is 36.4 Å². The van der Waals surface area contributed by atoms with E-state index in [4.69, 9.17) is 0 Å². The summed E-state index contributed by atoms with van der Waals surface area (Å²) in [6.07, 6.45) is 3.68. The standard InChI is InChI=1S/C32H26N2O6/c1-34(30(36)24-11-13-25(14-12-24)32(39)40-2)26-17-15-23(16-18-26)29(35)33-28-19-10-22(20-27(28)31(37)38)9-8-21-6-4-3-5-7-21/h3-20H,1-2H3,(H,33,35)(H,37,38)/b9-8+. The molecule has 0 radical (unpaired) electrons. The Hall–Kier alpha value is -5.50. The maximum Gasteiger partial charge on any atom is 0.337 e. The number of rotatable bonds is 8. The predicted molar refractivity (Wildman–Crippen MR) is 154 cm³/mol. The minimum atomic E-state index is -1.17. The lowest BCUT2D eigenvalue weighted by molar-refractivity contribution is 0.0599. The maximum atomic E-state index is 12.9. The topological polar surface area (TPSA) is 113 Å². The number of ether oxygens (including phenoxy) is 1. The molecule has 4 aromatic rings. The van der Waals surface area contributed by atoms with Crippen LogP contribution in [0.15, 0.2) is 97.1 Å². The Morgan fingerprint density at radius 2 is 1.35 bits per heavy atom. The number of hydrogen-bond donors (Lipinski definition) is 2. The average Bonchev–Trinajstić information content (AvgIpc) is 3.00. The molecule has 4 aromatic carbocycles. The van der Waals surface area contributed by atoms with Gasteiger partial charge in [-0.15, -0.1) is 0 Å². The van der Waals surface area contributed by atoms with E-state index in [-0.39, 0.29) is 22.7 Å². The molecule has 0 aliphatic rings. The Bertz CT molecular complexity index is 1580. The van der Waals surface area contributed by atoms with Crippen molar-refractivity contribution in [2.24, 2.45) is 0 Å². The summed E-state index contributed by atoms with van der Waals surface area (Å²) in [5, 5.41) is 12.4. The van der Waals surface area contributed by atoms with Crippen LogP contribution in [0.25, 0.3) is 12.2 Å². The van der Waals surface area contributed by atoms with Gasteiger partial charge in [0.1, 0.15) is 0 Å². The van der Waals surface area contributed by atoms with Gasteiger partial charge >= 0.3 is 11.9 Å². The van der Waals surface area contributed by atoms with E-state index in [1.165, 1.54) is 42.3 Å². The Balaban J connectivity index is 1.45. The number of esters is 1. The van der Waals surface area contributed by atoms with Crippen molar-refractivity contribution in [1.82, 2.24) is 0 Å². The average molecular weight is 535 g/mol. The fraction of sp³-hybridized carbons (Fsp3) is 0.0625. The molecule has 0 aliphatic heterocycles. The second-order valence-electron chi connectivity index (χ2n) is 8.79. The van der Waals surface area contributed by atoms with Crippen LogP contribution in [0.3, 0.4) is 0 Å². The molecule has 0 atom stereocenters. The molecule has 0 saturated carbocycles. The van der Waals surface area contributed by atoms with Gasteiger partial charge in [0.05, 0.1) is 23.9 Å². The molecule has 0 unspecified atom stereocenters. The number of benzene rings is 4. The summed E-state index contributed by atoms with van der Waals surface area (Å²) in [5.41, 5.74) is 3.32. The highest BCUT2D eigenvalue weighted by Gasteiger charge is 2.17. The Kier molecular flexibility index (Phi) is 8.51. The van der Waals surface area contributed by atoms with E-state index in [0.717, 1.165) is 5.56 Å². The highest BCUT2D eigenvalue weighted by atomic mass is 16.5. The second-order valence-corrected chi connectivity index (χ2v) is 8.79. The predicted octanol–water partition coefficient (Wildman–Crippen LogP) is 5.87. The summed E-state index contributed by atoms with van der Waals surface area (Å²) in [4.78, 5) is 50.7. The van der Waals surface area contributed by atoms with Crippen LogP contribution in [0.5, 0.6) is 0 Å². The number of amides is 2. The molecule has 2 amide bonds. The van der Waals surface area contributed by atoms with E-state index in [1.54, 1.807) is 49.5 Å². The molecule has 0 aromatic heterocycles. The third-order valence-corrected chi connectivity index (χ3v) is 6.16. The molecule has 0 fully saturated rings. The smallest absolute Gasteiger partial charge is 0.337 e. The number of methoxy groups -OCH3 is 1. The van der Waals surface area contributed by atoms with E-state index in [9.17, 15) is 24.3 Å². The van der Waals surface area contributed by atoms with Crippen LogP contribution in [0, 0.1) is 0 Å². The van der Waals surface area contributed by atoms with Gasteiger partial charge in [-0.3, -0.25) is 9.59 Å². The highest BCUT2D eigenvalue weighted by molar-refractivity contribution is 6.09. The quantitative estimate of drug-likeness (QED) is 0.216. The van der Waals surface area contributed by atoms with Gasteiger partial charge in [-0.2, -0.15) is 0 Å². The SMILES string of the molecule is COC(=O)c1ccc(C(=O)N(C)c2ccc(C(=O)Nc3ccc(/C=C/c4ccccc4)cc3C(=O)O)cc2)cc1. The van der Waals surface area contributed by atoms with E-state index in [2.05, 4.69) is 10.1 Å². The zero-order valence-corrected chi connectivity index (χ0v) is 21.8. The van der Waals surface area contributed by atoms with Gasteiger partial charge in [0.25, 0.3) is 11.8 Å². The maximum absolute atomic E-state index is 12.9. The van der Waals surface area contributed by atoms with Crippen LogP contribution in [-0.2, 0) is 4.74 Å². The summed E-state index contributed by atoms with van der Waals surface area (Å²) < 4.78 is 4.67. The lowest BCUT2D eigenvalue weighted by Gasteiger charge is -2.18. The molecule has 0 saturated heterocycles. The van der Waals surface area contributed by atoms with Crippen LogP contribution >= 0.6 is 0 Å². The van der Waals surface area contributed by atoms with Crippen molar-refractivity contribution in [3.63, 3.8) is 0 Å². The van der Waals surface area contributed by atoms with Crippen molar-refractivity contribution >= 4 is 47.3 Å². The van der Waals surface area contributed by atoms with Gasteiger partial charge in [-0.05, 0) is 71.8 Å². The van der Waals surface area contributed by atoms with Gasteiger partial charge in [-0.1, -0.05) is 48.6 Å². The number of aromatic carboxylic acids is 1. The molecule has 0 bridgehead atoms. The van der Waals surface area contributed by atoms with Crippen molar-refractivity contribution in [3.05, 3.63) is 130 Å². The first-order valence-corrected chi connectivity index (χ1v) is 12.2. The molecule has 2 N–H and O–H groups in total. The largest absolute Gasteiger partial charge is 0.478 e. The number of anilines is 2. The number of nitrogens with zero attached hydrogens (tertiary/aromatic N) is 1. The highest BCUT2D eigenvalue weighted by Crippen LogP contribution is 2.22. The number of carbonyl (C=O) groups excluding carboxylic acids is 3. The van der Waals surface area contributed by atoms with Crippen LogP contribution in [-0.4, -0.2) is 43.0 Å². The van der Waals surface area contributed by atoms with Crippen molar-refractivity contribution in [2.75, 3.05) is 24.4 Å². The first kappa shape index (κ1) is 27.5. The van der Waals surface area contributed by atoms with E-state index < -0.39 is 17.8 Å². The van der Waals surface area contributed by atoms with Gasteiger partial charge in [0.15, 0.2) is 0 Å². The summed E-state index contributed by atoms with van der Waals surface area (Å²) in [5.74, 6) is -2.46. The summed E-state index contributed by atoms with van der Waals surface area (Å²) in [6, 6.07) is 26.8. The third kappa shape index (κ3) is 6.49. The van der Waals surface area contributed by atoms with E-state index >= 15 is 0 Å². The molecular formula is C32H26N2O6. The van der Waals surface area contributed by atoms with Gasteiger partial charge < -0.3 is 20.1 Å². The molecule has 200 valence electrons. The Labute approximate surface area is 231 Å². The first-order valence-electron chi connectivity index (χ1n) is 12.2. The number of hydrogen-bond acceptors (Lipinski definition) is 5. The number of nitrogens with one attached hydrogen (secondary N) is 1. The van der Waals surface area contributed by atoms with Crippen LogP contribution in [0.1, 0.15) is 52.6 Å². The summed E-state index contributed by atoms with van der Waals surface area (Å²) in [7, 11) is 2.88. The Morgan fingerprint density at radius 1 is 0.750 bits per heavy atom. The van der Waals surface area contributed by atoms with Gasteiger partial charge in [0.2, 0.25) is 0 Å². The summed E-state index contributed by atoms with van der Waals surface area (Å²) >= 11 is 0. The molecule has 40 heavy (non-hydrogen) atoms. The minimum Gasteiger partial charge on any atom is -0.478 e. The van der Waals surface area contributed by atoms with Gasteiger partial charge in [0, 0.05) is 23.9 Å². The van der Waals surface area contributed by atoms with Crippen molar-refractivity contribution in [3.8, 4) is 0 Å². The molecule has 4 rings (SSSR count). The van der Waals surface area contributed by atoms with Crippen LogP contribution in [0.4, 0.5) is 11.4 Å². The molecule has 8 heteroatoms. The van der Waals surface area contributed by atoms with Crippen LogP contribution in [0.2, 0.25) is 0 Å². The molecule has 0 aliphatic carbocycles. The van der Waals surface area contributed by atoms with Crippen LogP contribution < -0.4 is 10.2 Å². The van der Waals surface area contributed by atoms with Crippen molar-refractivity contribution < 1.29 is 29.0 Å². The normalized spacial score (nSPS) is 10.7. The minimum absolute atomic E-state index is 0.0382. The zero-order valence-electron chi connectivity index (χ0n) is 21.8. The second kappa shape index (κ2) is 12.4. The van der Waals surface area contributed by atoms with E-state index in [0.29, 0.717) is 22.4 Å². The molecule has 0 heterocycles. The zero-order chi connectivity index (χ0) is 28.6. The monoisotopic (exact) mass is 534 g/mol. The third-order valence-electron chi connectivity index (χ3n) is 6.16. The lowest BCUT2D eigenvalue weighted by Crippen LogP contribution is -2.26. The lowest BCUT2D eigenvalue weighted by atomic mass is 10.1. The molecule has 8 nitrogen and oxygen atoms in total. The fourth-order valence-electron chi connectivity index (χ4n) is 3.92. The Morgan fingerprint density at radius 3 is 1.98 bits per heavy atom. The number of carbonyl (C=O) groups is 4. The fourth-order valence-corrected chi connectivity index (χ4v) is 3.92. The summed E-state index contributed by atoms with van der Waals surface area (Å²) in [6.45, 7) is 0. The van der Waals surface area contributed by atoms with Crippen molar-refractivity contribution in [1.29, 1.82) is 0 Å². The number of carboxylic acids is 1.